The third kappa shape index (κ3) is 1.87. The summed E-state index contributed by atoms with van der Waals surface area (Å²) in [5.74, 6) is 0.677. The quantitative estimate of drug-likeness (QED) is 0.602. The molecule has 98 valence electrons. The van der Waals surface area contributed by atoms with E-state index in [1.54, 1.807) is 14.1 Å². The van der Waals surface area contributed by atoms with Gasteiger partial charge in [0.1, 0.15) is 0 Å². The van der Waals surface area contributed by atoms with Gasteiger partial charge in [-0.3, -0.25) is 10.9 Å². The first-order valence-electron chi connectivity index (χ1n) is 5.14. The third-order valence-electron chi connectivity index (χ3n) is 2.40. The summed E-state index contributed by atoms with van der Waals surface area (Å²) in [6, 6.07) is -0.596. The van der Waals surface area contributed by atoms with E-state index in [0.29, 0.717) is 11.7 Å². The van der Waals surface area contributed by atoms with E-state index in [-0.39, 0.29) is 12.1 Å². The highest BCUT2D eigenvalue weighted by atomic mass is 16.2. The number of nitrogens with zero attached hydrogens (tertiary/aromatic N) is 6. The molecule has 0 saturated heterocycles. The molecule has 0 aromatic carbocycles. The van der Waals surface area contributed by atoms with Gasteiger partial charge in [-0.25, -0.2) is 29.6 Å². The number of hydrazine groups is 2. The first-order valence-corrected chi connectivity index (χ1v) is 5.14. The number of amides is 4. The van der Waals surface area contributed by atoms with Crippen LogP contribution in [0.1, 0.15) is 0 Å². The van der Waals surface area contributed by atoms with Crippen LogP contribution in [0.3, 0.4) is 0 Å². The van der Waals surface area contributed by atoms with Gasteiger partial charge in [0.15, 0.2) is 0 Å². The SMILES string of the molecule is CN1N=C(C2=NN(C)C(=O)N(C)N2)NN(C)C1=O. The number of carbonyl (C=O) groups is 2. The molecule has 0 fully saturated rings. The van der Waals surface area contributed by atoms with Gasteiger partial charge in [0.2, 0.25) is 11.7 Å². The van der Waals surface area contributed by atoms with Crippen molar-refractivity contribution in [1.29, 1.82) is 0 Å². The largest absolute Gasteiger partial charge is 0.358 e. The lowest BCUT2D eigenvalue weighted by Gasteiger charge is -2.33. The number of urea groups is 2. The normalized spacial score (nSPS) is 20.4. The molecule has 0 unspecified atom stereocenters. The van der Waals surface area contributed by atoms with Crippen molar-refractivity contribution in [2.45, 2.75) is 0 Å². The van der Waals surface area contributed by atoms with E-state index in [9.17, 15) is 9.59 Å². The zero-order valence-corrected chi connectivity index (χ0v) is 10.5. The van der Waals surface area contributed by atoms with E-state index >= 15 is 0 Å². The third-order valence-corrected chi connectivity index (χ3v) is 2.40. The summed E-state index contributed by atoms with van der Waals surface area (Å²) in [4.78, 5) is 23.0. The van der Waals surface area contributed by atoms with Crippen molar-refractivity contribution in [2.75, 3.05) is 28.2 Å². The molecule has 2 aliphatic rings. The molecule has 2 rings (SSSR count). The minimum absolute atomic E-state index is 0.298. The maximum atomic E-state index is 11.5. The molecule has 0 aromatic heterocycles. The van der Waals surface area contributed by atoms with Crippen molar-refractivity contribution in [1.82, 2.24) is 30.9 Å². The zero-order valence-electron chi connectivity index (χ0n) is 10.5. The average molecular weight is 254 g/mol. The minimum atomic E-state index is -0.298. The molecule has 0 aliphatic carbocycles. The predicted molar refractivity (Wildman–Crippen MR) is 63.0 cm³/mol. The van der Waals surface area contributed by atoms with Crippen LogP contribution < -0.4 is 10.9 Å². The van der Waals surface area contributed by atoms with Gasteiger partial charge in [0.05, 0.1) is 0 Å². The van der Waals surface area contributed by atoms with Crippen LogP contribution in [0.4, 0.5) is 9.59 Å². The molecule has 0 spiro atoms. The van der Waals surface area contributed by atoms with E-state index in [1.165, 1.54) is 34.1 Å². The number of hydrogen-bond donors (Lipinski definition) is 2. The van der Waals surface area contributed by atoms with Crippen LogP contribution in [-0.2, 0) is 0 Å². The number of hydrazone groups is 2. The monoisotopic (exact) mass is 254 g/mol. The molecule has 10 heteroatoms. The summed E-state index contributed by atoms with van der Waals surface area (Å²) in [5, 5.41) is 12.9. The topological polar surface area (TPSA) is 95.9 Å². The highest BCUT2D eigenvalue weighted by Gasteiger charge is 2.29. The molecule has 0 aromatic rings. The van der Waals surface area contributed by atoms with Gasteiger partial charge in [0.25, 0.3) is 0 Å². The Morgan fingerprint density at radius 2 is 1.11 bits per heavy atom. The average Bonchev–Trinajstić information content (AvgIpc) is 2.31. The van der Waals surface area contributed by atoms with Crippen molar-refractivity contribution >= 4 is 23.7 Å². The maximum Gasteiger partial charge on any atom is 0.358 e. The van der Waals surface area contributed by atoms with Gasteiger partial charge in [-0.1, -0.05) is 0 Å². The van der Waals surface area contributed by atoms with E-state index in [2.05, 4.69) is 21.1 Å². The van der Waals surface area contributed by atoms with Gasteiger partial charge in [-0.2, -0.15) is 0 Å². The Labute approximate surface area is 103 Å². The number of nitrogens with one attached hydrogen (secondary N) is 2. The molecule has 18 heavy (non-hydrogen) atoms. The van der Waals surface area contributed by atoms with Crippen LogP contribution in [0, 0.1) is 0 Å². The molecule has 4 amide bonds. The van der Waals surface area contributed by atoms with Crippen LogP contribution in [0.2, 0.25) is 0 Å². The van der Waals surface area contributed by atoms with Crippen LogP contribution in [0.5, 0.6) is 0 Å². The summed E-state index contributed by atoms with van der Waals surface area (Å²) < 4.78 is 0. The fraction of sp³-hybridized carbons (Fsp3) is 0.500. The van der Waals surface area contributed by atoms with Crippen molar-refractivity contribution < 1.29 is 9.59 Å². The highest BCUT2D eigenvalue weighted by molar-refractivity contribution is 6.41. The maximum absolute atomic E-state index is 11.5. The summed E-state index contributed by atoms with van der Waals surface area (Å²) in [7, 11) is 6.19. The Morgan fingerprint density at radius 3 is 1.39 bits per heavy atom. The minimum Gasteiger partial charge on any atom is -0.273 e. The Bertz CT molecular complexity index is 416. The van der Waals surface area contributed by atoms with Crippen LogP contribution >= 0.6 is 0 Å². The van der Waals surface area contributed by atoms with Crippen LogP contribution in [0.25, 0.3) is 0 Å². The summed E-state index contributed by atoms with van der Waals surface area (Å²) >= 11 is 0. The standard InChI is InChI=1S/C8H14N8O2/c1-13-7(17)14(2)10-5(9-13)6-11-15(3)8(18)16(4)12-6/h1-4H3,(H,9,10)(H,11,12). The Balaban J connectivity index is 2.28. The molecule has 2 aliphatic heterocycles. The summed E-state index contributed by atoms with van der Waals surface area (Å²) in [6.07, 6.45) is 0. The molecule has 0 radical (unpaired) electrons. The highest BCUT2D eigenvalue weighted by Crippen LogP contribution is 2.04. The number of amidine groups is 2. The lowest BCUT2D eigenvalue weighted by molar-refractivity contribution is 0.152. The second-order valence-electron chi connectivity index (χ2n) is 3.85. The predicted octanol–water partition coefficient (Wildman–Crippen LogP) is -1.38. The van der Waals surface area contributed by atoms with Gasteiger partial charge < -0.3 is 0 Å². The second-order valence-corrected chi connectivity index (χ2v) is 3.85. The molecule has 0 atom stereocenters. The Morgan fingerprint density at radius 1 is 0.778 bits per heavy atom. The number of rotatable bonds is 1. The van der Waals surface area contributed by atoms with Crippen molar-refractivity contribution in [2.24, 2.45) is 10.2 Å². The second kappa shape index (κ2) is 4.05. The first-order chi connectivity index (χ1) is 8.40. The summed E-state index contributed by atoms with van der Waals surface area (Å²) in [6.45, 7) is 0. The van der Waals surface area contributed by atoms with Crippen molar-refractivity contribution in [3.05, 3.63) is 0 Å². The van der Waals surface area contributed by atoms with Gasteiger partial charge >= 0.3 is 12.1 Å². The van der Waals surface area contributed by atoms with E-state index < -0.39 is 0 Å². The van der Waals surface area contributed by atoms with Gasteiger partial charge in [-0.05, 0) is 0 Å². The smallest absolute Gasteiger partial charge is 0.273 e. The molecular formula is C8H14N8O2. The lowest BCUT2D eigenvalue weighted by Crippen LogP contribution is -2.61. The molecule has 2 N–H and O–H groups in total. The fourth-order valence-electron chi connectivity index (χ4n) is 1.48. The first kappa shape index (κ1) is 12.0. The van der Waals surface area contributed by atoms with Crippen LogP contribution in [0.15, 0.2) is 10.2 Å². The van der Waals surface area contributed by atoms with Crippen molar-refractivity contribution in [3.8, 4) is 0 Å². The number of hydrogen-bond acceptors (Lipinski definition) is 6. The summed E-state index contributed by atoms with van der Waals surface area (Å²) in [5.41, 5.74) is 5.51. The molecule has 0 bridgehead atoms. The fourth-order valence-corrected chi connectivity index (χ4v) is 1.48. The van der Waals surface area contributed by atoms with E-state index in [4.69, 9.17) is 0 Å². The van der Waals surface area contributed by atoms with E-state index in [1.807, 2.05) is 0 Å². The molecule has 0 saturated carbocycles. The van der Waals surface area contributed by atoms with Gasteiger partial charge in [0, 0.05) is 28.2 Å². The lowest BCUT2D eigenvalue weighted by atomic mass is 10.5. The molecule has 2 heterocycles. The molecular weight excluding hydrogens is 240 g/mol. The van der Waals surface area contributed by atoms with E-state index in [0.717, 1.165) is 0 Å². The van der Waals surface area contributed by atoms with Crippen molar-refractivity contribution in [3.63, 3.8) is 0 Å². The van der Waals surface area contributed by atoms with Crippen LogP contribution in [-0.4, -0.2) is 72.0 Å². The number of carbonyl (C=O) groups excluding carboxylic acids is 2. The Hall–Kier alpha value is -2.52. The molecule has 10 nitrogen and oxygen atoms in total. The Kier molecular flexibility index (Phi) is 2.69. The zero-order chi connectivity index (χ0) is 13.4. The van der Waals surface area contributed by atoms with Gasteiger partial charge in [-0.15, -0.1) is 10.2 Å².